The molecule has 1 unspecified atom stereocenters. The molecule has 0 aliphatic carbocycles. The van der Waals surface area contributed by atoms with E-state index in [0.717, 1.165) is 11.1 Å². The number of aliphatic hydroxyl groups excluding tert-OH is 1. The Hall–Kier alpha value is -4.77. The number of aliphatic hydroxyl groups is 1. The lowest BCUT2D eigenvalue weighted by Gasteiger charge is -2.23. The SMILES string of the molecule is CC(C)(C)CC(O)Nc1cncc(-c2ncc3[nH]nc(-c4nc5c(-c6ccncc6)nccc5[nH]4)c3c2F)c1. The summed E-state index contributed by atoms with van der Waals surface area (Å²) < 4.78 is 16.1. The minimum absolute atomic E-state index is 0.0698. The molecule has 6 rings (SSSR count). The van der Waals surface area contributed by atoms with Crippen LogP contribution in [0.1, 0.15) is 27.2 Å². The van der Waals surface area contributed by atoms with Gasteiger partial charge in [0.25, 0.3) is 0 Å². The van der Waals surface area contributed by atoms with Gasteiger partial charge in [0.2, 0.25) is 0 Å². The number of fused-ring (bicyclic) bond motifs is 2. The number of aromatic nitrogens is 8. The zero-order valence-corrected chi connectivity index (χ0v) is 21.6. The van der Waals surface area contributed by atoms with Crippen LogP contribution >= 0.6 is 0 Å². The molecule has 0 spiro atoms. The van der Waals surface area contributed by atoms with E-state index in [0.29, 0.717) is 45.9 Å². The number of halogens is 1. The minimum atomic E-state index is -0.776. The first-order valence-electron chi connectivity index (χ1n) is 12.4. The van der Waals surface area contributed by atoms with E-state index in [1.54, 1.807) is 30.9 Å². The second kappa shape index (κ2) is 9.52. The highest BCUT2D eigenvalue weighted by Gasteiger charge is 2.22. The minimum Gasteiger partial charge on any atom is -0.374 e. The summed E-state index contributed by atoms with van der Waals surface area (Å²) in [6.45, 7) is 6.13. The molecule has 0 saturated carbocycles. The van der Waals surface area contributed by atoms with Crippen molar-refractivity contribution in [3.05, 3.63) is 67.3 Å². The Morgan fingerprint density at radius 1 is 0.923 bits per heavy atom. The quantitative estimate of drug-likeness (QED) is 0.215. The van der Waals surface area contributed by atoms with Gasteiger partial charge in [-0.25, -0.2) is 9.37 Å². The van der Waals surface area contributed by atoms with E-state index in [-0.39, 0.29) is 16.5 Å². The molecule has 0 saturated heterocycles. The van der Waals surface area contributed by atoms with Gasteiger partial charge in [-0.1, -0.05) is 20.8 Å². The van der Waals surface area contributed by atoms with Crippen LogP contribution in [0.4, 0.5) is 10.1 Å². The monoisotopic (exact) mass is 523 g/mol. The van der Waals surface area contributed by atoms with Crippen molar-refractivity contribution >= 4 is 27.6 Å². The van der Waals surface area contributed by atoms with Crippen LogP contribution in [0.25, 0.3) is 56.0 Å². The number of imidazole rings is 1. The number of H-pyrrole nitrogens is 2. The predicted molar refractivity (Wildman–Crippen MR) is 147 cm³/mol. The van der Waals surface area contributed by atoms with Crippen LogP contribution < -0.4 is 5.32 Å². The van der Waals surface area contributed by atoms with E-state index in [1.807, 2.05) is 39.0 Å². The van der Waals surface area contributed by atoms with E-state index >= 15 is 4.39 Å². The van der Waals surface area contributed by atoms with Crippen LogP contribution in [0.15, 0.2) is 61.4 Å². The molecule has 196 valence electrons. The number of nitrogens with one attached hydrogen (secondary N) is 3. The van der Waals surface area contributed by atoms with Gasteiger partial charge in [0.05, 0.1) is 40.2 Å². The summed E-state index contributed by atoms with van der Waals surface area (Å²) >= 11 is 0. The average molecular weight is 524 g/mol. The predicted octanol–water partition coefficient (Wildman–Crippen LogP) is 5.33. The standard InChI is InChI=1S/C28H26FN9O/c1-28(2,3)11-20(39)34-17-10-16(12-31-13-17)23-22(29)21-19(14-33-23)37-38-26(21)27-35-18-6-9-32-24(25(18)36-27)15-4-7-30-8-5-15/h4-10,12-14,20,34,39H,11H2,1-3H3,(H,35,36)(H,37,38). The molecular formula is C28H26FN9O. The second-order valence-corrected chi connectivity index (χ2v) is 10.5. The lowest BCUT2D eigenvalue weighted by molar-refractivity contribution is 0.145. The Labute approximate surface area is 222 Å². The maximum atomic E-state index is 16.1. The molecule has 11 heteroatoms. The molecular weight excluding hydrogens is 497 g/mol. The van der Waals surface area contributed by atoms with Crippen molar-refractivity contribution in [1.29, 1.82) is 0 Å². The summed E-state index contributed by atoms with van der Waals surface area (Å²) in [6, 6.07) is 7.24. The second-order valence-electron chi connectivity index (χ2n) is 10.5. The van der Waals surface area contributed by atoms with Crippen molar-refractivity contribution in [1.82, 2.24) is 40.1 Å². The smallest absolute Gasteiger partial charge is 0.161 e. The van der Waals surface area contributed by atoms with Gasteiger partial charge in [-0.05, 0) is 36.1 Å². The number of anilines is 1. The summed E-state index contributed by atoms with van der Waals surface area (Å²) in [5, 5.41) is 20.9. The molecule has 39 heavy (non-hydrogen) atoms. The molecule has 4 N–H and O–H groups in total. The molecule has 6 heterocycles. The third-order valence-corrected chi connectivity index (χ3v) is 6.27. The molecule has 6 aromatic rings. The first-order valence-corrected chi connectivity index (χ1v) is 12.4. The van der Waals surface area contributed by atoms with Gasteiger partial charge in [-0.15, -0.1) is 0 Å². The average Bonchev–Trinajstić information content (AvgIpc) is 3.53. The fourth-order valence-corrected chi connectivity index (χ4v) is 4.59. The van der Waals surface area contributed by atoms with Crippen LogP contribution in [-0.4, -0.2) is 51.4 Å². The molecule has 0 amide bonds. The summed E-state index contributed by atoms with van der Waals surface area (Å²) in [7, 11) is 0. The molecule has 0 aromatic carbocycles. The molecule has 1 atom stereocenters. The number of hydrogen-bond donors (Lipinski definition) is 4. The Morgan fingerprint density at radius 3 is 2.54 bits per heavy atom. The van der Waals surface area contributed by atoms with Crippen molar-refractivity contribution in [2.45, 2.75) is 33.4 Å². The van der Waals surface area contributed by atoms with Crippen LogP contribution in [0.3, 0.4) is 0 Å². The van der Waals surface area contributed by atoms with Gasteiger partial charge in [0.15, 0.2) is 11.6 Å². The summed E-state index contributed by atoms with van der Waals surface area (Å²) in [6.07, 6.45) is 9.48. The molecule has 10 nitrogen and oxygen atoms in total. The lowest BCUT2D eigenvalue weighted by Crippen LogP contribution is -2.25. The van der Waals surface area contributed by atoms with E-state index in [9.17, 15) is 5.11 Å². The maximum absolute atomic E-state index is 16.1. The number of rotatable bonds is 6. The van der Waals surface area contributed by atoms with Gasteiger partial charge in [0, 0.05) is 35.9 Å². The Balaban J connectivity index is 1.40. The lowest BCUT2D eigenvalue weighted by atomic mass is 9.91. The molecule has 0 radical (unpaired) electrons. The van der Waals surface area contributed by atoms with Gasteiger partial charge in [0.1, 0.15) is 23.1 Å². The Morgan fingerprint density at radius 2 is 1.74 bits per heavy atom. The van der Waals surface area contributed by atoms with Crippen LogP contribution in [0, 0.1) is 11.2 Å². The van der Waals surface area contributed by atoms with E-state index < -0.39 is 12.0 Å². The van der Waals surface area contributed by atoms with Crippen molar-refractivity contribution < 1.29 is 9.50 Å². The van der Waals surface area contributed by atoms with Gasteiger partial charge in [-0.2, -0.15) is 5.10 Å². The number of aromatic amines is 2. The summed E-state index contributed by atoms with van der Waals surface area (Å²) in [4.78, 5) is 25.1. The van der Waals surface area contributed by atoms with Crippen molar-refractivity contribution in [2.75, 3.05) is 5.32 Å². The number of pyridine rings is 4. The van der Waals surface area contributed by atoms with Gasteiger partial charge in [-0.3, -0.25) is 25.0 Å². The maximum Gasteiger partial charge on any atom is 0.161 e. The molecule has 6 aromatic heterocycles. The Bertz CT molecular complexity index is 1790. The highest BCUT2D eigenvalue weighted by atomic mass is 19.1. The third kappa shape index (κ3) is 4.79. The van der Waals surface area contributed by atoms with Gasteiger partial charge < -0.3 is 15.4 Å². The van der Waals surface area contributed by atoms with Crippen LogP contribution in [0.2, 0.25) is 0 Å². The van der Waals surface area contributed by atoms with Crippen molar-refractivity contribution in [3.8, 4) is 34.0 Å². The molecule has 0 aliphatic heterocycles. The number of nitrogens with zero attached hydrogens (tertiary/aromatic N) is 6. The normalized spacial score (nSPS) is 12.7. The summed E-state index contributed by atoms with van der Waals surface area (Å²) in [5.41, 5.74) is 4.76. The Kier molecular flexibility index (Phi) is 5.99. The zero-order valence-electron chi connectivity index (χ0n) is 21.6. The van der Waals surface area contributed by atoms with Gasteiger partial charge >= 0.3 is 0 Å². The topological polar surface area (TPSA) is 141 Å². The third-order valence-electron chi connectivity index (χ3n) is 6.27. The number of hydrogen-bond acceptors (Lipinski definition) is 8. The fraction of sp³-hybridized carbons (Fsp3) is 0.214. The van der Waals surface area contributed by atoms with Crippen molar-refractivity contribution in [3.63, 3.8) is 0 Å². The van der Waals surface area contributed by atoms with E-state index in [2.05, 4.69) is 40.4 Å². The highest BCUT2D eigenvalue weighted by molar-refractivity contribution is 5.97. The van der Waals surface area contributed by atoms with E-state index in [1.165, 1.54) is 12.4 Å². The van der Waals surface area contributed by atoms with Crippen LogP contribution in [-0.2, 0) is 0 Å². The van der Waals surface area contributed by atoms with Crippen molar-refractivity contribution in [2.24, 2.45) is 5.41 Å². The molecule has 0 bridgehead atoms. The molecule has 0 fully saturated rings. The first-order chi connectivity index (χ1) is 18.8. The zero-order chi connectivity index (χ0) is 27.1. The molecule has 0 aliphatic rings. The first kappa shape index (κ1) is 24.6. The van der Waals surface area contributed by atoms with E-state index in [4.69, 9.17) is 4.98 Å². The highest BCUT2D eigenvalue weighted by Crippen LogP contribution is 2.34. The summed E-state index contributed by atoms with van der Waals surface area (Å²) in [5.74, 6) is -0.159. The fourth-order valence-electron chi connectivity index (χ4n) is 4.59. The largest absolute Gasteiger partial charge is 0.374 e. The van der Waals surface area contributed by atoms with Crippen LogP contribution in [0.5, 0.6) is 0 Å².